The second kappa shape index (κ2) is 6.27. The van der Waals surface area contributed by atoms with Crippen molar-refractivity contribution in [3.8, 4) is 5.75 Å². The van der Waals surface area contributed by atoms with Gasteiger partial charge in [-0.1, -0.05) is 6.92 Å². The van der Waals surface area contributed by atoms with E-state index in [4.69, 9.17) is 4.74 Å². The van der Waals surface area contributed by atoms with Crippen molar-refractivity contribution in [2.75, 3.05) is 18.6 Å². The second-order valence-corrected chi connectivity index (χ2v) is 5.52. The summed E-state index contributed by atoms with van der Waals surface area (Å²) in [5.41, 5.74) is 1.07. The number of anilines is 1. The van der Waals surface area contributed by atoms with Gasteiger partial charge in [-0.15, -0.1) is 0 Å². The zero-order chi connectivity index (χ0) is 13.8. The summed E-state index contributed by atoms with van der Waals surface area (Å²) >= 11 is 0. The molecule has 0 heterocycles. The molecule has 1 saturated carbocycles. The Morgan fingerprint density at radius 1 is 1.26 bits per heavy atom. The molecule has 1 aliphatic rings. The van der Waals surface area contributed by atoms with Crippen LogP contribution in [0.2, 0.25) is 0 Å². The van der Waals surface area contributed by atoms with Crippen LogP contribution in [0.25, 0.3) is 0 Å². The zero-order valence-electron chi connectivity index (χ0n) is 12.2. The molecule has 19 heavy (non-hydrogen) atoms. The topological polar surface area (TPSA) is 12.5 Å². The molecule has 0 aliphatic heterocycles. The quantitative estimate of drug-likeness (QED) is 0.807. The summed E-state index contributed by atoms with van der Waals surface area (Å²) in [6.45, 7) is 5.44. The predicted molar refractivity (Wildman–Crippen MR) is 77.4 cm³/mol. The van der Waals surface area contributed by atoms with Crippen LogP contribution in [-0.2, 0) is 0 Å². The molecule has 0 aromatic heterocycles. The molecule has 0 unspecified atom stereocenters. The van der Waals surface area contributed by atoms with Crippen LogP contribution in [-0.4, -0.2) is 19.7 Å². The molecule has 0 spiro atoms. The van der Waals surface area contributed by atoms with Gasteiger partial charge in [-0.2, -0.15) is 0 Å². The smallest absolute Gasteiger partial charge is 0.165 e. The van der Waals surface area contributed by atoms with Crippen molar-refractivity contribution < 1.29 is 9.13 Å². The minimum atomic E-state index is -0.292. The number of halogens is 1. The van der Waals surface area contributed by atoms with Gasteiger partial charge in [0.25, 0.3) is 0 Å². The summed E-state index contributed by atoms with van der Waals surface area (Å²) in [6.07, 6.45) is 5.04. The summed E-state index contributed by atoms with van der Waals surface area (Å²) in [7, 11) is 1.51. The summed E-state index contributed by atoms with van der Waals surface area (Å²) in [6, 6.07) is 5.76. The minimum Gasteiger partial charge on any atom is -0.494 e. The first-order chi connectivity index (χ1) is 9.15. The van der Waals surface area contributed by atoms with E-state index in [0.717, 1.165) is 18.2 Å². The Balaban J connectivity index is 2.17. The number of methoxy groups -OCH3 is 1. The van der Waals surface area contributed by atoms with Crippen LogP contribution in [0.4, 0.5) is 10.1 Å². The minimum absolute atomic E-state index is 0.292. The number of hydrogen-bond acceptors (Lipinski definition) is 2. The Hall–Kier alpha value is -1.25. The van der Waals surface area contributed by atoms with Crippen molar-refractivity contribution in [2.45, 2.75) is 45.6 Å². The summed E-state index contributed by atoms with van der Waals surface area (Å²) in [5.74, 6) is 0.886. The Morgan fingerprint density at radius 2 is 1.95 bits per heavy atom. The highest BCUT2D eigenvalue weighted by Crippen LogP contribution is 2.32. The first-order valence-corrected chi connectivity index (χ1v) is 7.25. The lowest BCUT2D eigenvalue weighted by Gasteiger charge is -2.37. The highest BCUT2D eigenvalue weighted by molar-refractivity contribution is 5.52. The lowest BCUT2D eigenvalue weighted by Crippen LogP contribution is -2.37. The van der Waals surface area contributed by atoms with Crippen LogP contribution in [0.3, 0.4) is 0 Å². The largest absolute Gasteiger partial charge is 0.494 e. The van der Waals surface area contributed by atoms with E-state index in [1.165, 1.54) is 38.9 Å². The van der Waals surface area contributed by atoms with Crippen molar-refractivity contribution in [2.24, 2.45) is 5.92 Å². The van der Waals surface area contributed by atoms with Gasteiger partial charge in [0.2, 0.25) is 0 Å². The van der Waals surface area contributed by atoms with E-state index < -0.39 is 0 Å². The highest BCUT2D eigenvalue weighted by Gasteiger charge is 2.23. The standard InChI is InChI=1S/C16H24FNO/c1-4-18(13-7-5-12(2)6-8-13)14-9-10-15(17)16(11-14)19-3/h9-13H,4-8H2,1-3H3. The third-order valence-electron chi connectivity index (χ3n) is 4.23. The average Bonchev–Trinajstić information content (AvgIpc) is 2.43. The van der Waals surface area contributed by atoms with Crippen LogP contribution in [0.1, 0.15) is 39.5 Å². The lowest BCUT2D eigenvalue weighted by atomic mass is 9.86. The van der Waals surface area contributed by atoms with Gasteiger partial charge in [0, 0.05) is 24.3 Å². The van der Waals surface area contributed by atoms with Crippen molar-refractivity contribution in [1.29, 1.82) is 0 Å². The van der Waals surface area contributed by atoms with Crippen molar-refractivity contribution in [3.05, 3.63) is 24.0 Å². The van der Waals surface area contributed by atoms with Gasteiger partial charge >= 0.3 is 0 Å². The summed E-state index contributed by atoms with van der Waals surface area (Å²) in [4.78, 5) is 2.38. The van der Waals surface area contributed by atoms with Gasteiger partial charge < -0.3 is 9.64 Å². The molecule has 3 heteroatoms. The van der Waals surface area contributed by atoms with Crippen molar-refractivity contribution in [1.82, 2.24) is 0 Å². The Labute approximate surface area is 115 Å². The van der Waals surface area contributed by atoms with E-state index in [0.29, 0.717) is 11.8 Å². The third kappa shape index (κ3) is 3.20. The number of nitrogens with zero attached hydrogens (tertiary/aromatic N) is 1. The van der Waals surface area contributed by atoms with E-state index in [9.17, 15) is 4.39 Å². The van der Waals surface area contributed by atoms with E-state index in [-0.39, 0.29) is 5.82 Å². The molecule has 2 rings (SSSR count). The molecule has 0 radical (unpaired) electrons. The maximum atomic E-state index is 13.5. The SMILES string of the molecule is CCN(c1ccc(F)c(OC)c1)C1CCC(C)CC1. The molecule has 0 saturated heterocycles. The van der Waals surface area contributed by atoms with Gasteiger partial charge in [0.05, 0.1) is 7.11 Å². The van der Waals surface area contributed by atoms with Gasteiger partial charge in [-0.25, -0.2) is 4.39 Å². The molecular formula is C16H24FNO. The monoisotopic (exact) mass is 265 g/mol. The van der Waals surface area contributed by atoms with Crippen LogP contribution in [0.15, 0.2) is 18.2 Å². The Kier molecular flexibility index (Phi) is 4.67. The molecule has 1 aliphatic carbocycles. The first-order valence-electron chi connectivity index (χ1n) is 7.25. The predicted octanol–water partition coefficient (Wildman–Crippen LogP) is 4.24. The maximum absolute atomic E-state index is 13.5. The maximum Gasteiger partial charge on any atom is 0.165 e. The fourth-order valence-electron chi connectivity index (χ4n) is 3.03. The number of benzene rings is 1. The molecule has 0 bridgehead atoms. The third-order valence-corrected chi connectivity index (χ3v) is 4.23. The molecule has 1 fully saturated rings. The summed E-state index contributed by atoms with van der Waals surface area (Å²) < 4.78 is 18.6. The Bertz CT molecular complexity index is 413. The van der Waals surface area contributed by atoms with Crippen LogP contribution in [0, 0.1) is 11.7 Å². The fourth-order valence-corrected chi connectivity index (χ4v) is 3.03. The van der Waals surface area contributed by atoms with Crippen molar-refractivity contribution >= 4 is 5.69 Å². The van der Waals surface area contributed by atoms with Gasteiger partial charge in [0.1, 0.15) is 0 Å². The van der Waals surface area contributed by atoms with E-state index in [2.05, 4.69) is 18.7 Å². The second-order valence-electron chi connectivity index (χ2n) is 5.52. The van der Waals surface area contributed by atoms with Gasteiger partial charge in [0.15, 0.2) is 11.6 Å². The molecule has 1 aromatic rings. The van der Waals surface area contributed by atoms with Crippen LogP contribution < -0.4 is 9.64 Å². The Morgan fingerprint density at radius 3 is 2.53 bits per heavy atom. The van der Waals surface area contributed by atoms with E-state index in [1.54, 1.807) is 0 Å². The molecular weight excluding hydrogens is 241 g/mol. The first kappa shape index (κ1) is 14.2. The molecule has 106 valence electrons. The molecule has 1 aromatic carbocycles. The molecule has 2 nitrogen and oxygen atoms in total. The van der Waals surface area contributed by atoms with Crippen molar-refractivity contribution in [3.63, 3.8) is 0 Å². The molecule has 0 N–H and O–H groups in total. The number of rotatable bonds is 4. The van der Waals surface area contributed by atoms with E-state index >= 15 is 0 Å². The fraction of sp³-hybridized carbons (Fsp3) is 0.625. The average molecular weight is 265 g/mol. The molecule has 0 amide bonds. The summed E-state index contributed by atoms with van der Waals surface area (Å²) in [5, 5.41) is 0. The van der Waals surface area contributed by atoms with Gasteiger partial charge in [-0.3, -0.25) is 0 Å². The lowest BCUT2D eigenvalue weighted by molar-refractivity contribution is 0.335. The van der Waals surface area contributed by atoms with Gasteiger partial charge in [-0.05, 0) is 50.7 Å². The number of ether oxygens (including phenoxy) is 1. The van der Waals surface area contributed by atoms with Crippen LogP contribution >= 0.6 is 0 Å². The normalized spacial score (nSPS) is 23.2. The van der Waals surface area contributed by atoms with Crippen LogP contribution in [0.5, 0.6) is 5.75 Å². The number of hydrogen-bond donors (Lipinski definition) is 0. The zero-order valence-corrected chi connectivity index (χ0v) is 12.2. The highest BCUT2D eigenvalue weighted by atomic mass is 19.1. The molecule has 0 atom stereocenters. The van der Waals surface area contributed by atoms with E-state index in [1.807, 2.05) is 12.1 Å².